The average molecular weight is 515 g/mol. The number of benzene rings is 1. The minimum atomic E-state index is -0.822. The van der Waals surface area contributed by atoms with E-state index in [-0.39, 0.29) is 6.61 Å². The van der Waals surface area contributed by atoms with Gasteiger partial charge < -0.3 is 25.0 Å². The van der Waals surface area contributed by atoms with Gasteiger partial charge >= 0.3 is 0 Å². The fourth-order valence-corrected chi connectivity index (χ4v) is 4.73. The lowest BCUT2D eigenvalue weighted by Gasteiger charge is -2.32. The molecular weight excluding hydrogens is 488 g/mol. The molecule has 0 aliphatic carbocycles. The lowest BCUT2D eigenvalue weighted by atomic mass is 10.0. The molecule has 0 unspecified atom stereocenters. The summed E-state index contributed by atoms with van der Waals surface area (Å²) < 4.78 is 20.2. The molecule has 2 aliphatic rings. The third-order valence-electron chi connectivity index (χ3n) is 5.72. The number of aliphatic hydroxyl groups is 1. The predicted octanol–water partition coefficient (Wildman–Crippen LogP) is 2.66. The van der Waals surface area contributed by atoms with Crippen LogP contribution in [-0.4, -0.2) is 78.6 Å². The van der Waals surface area contributed by atoms with Gasteiger partial charge in [0.15, 0.2) is 0 Å². The first-order valence-electron chi connectivity index (χ1n) is 10.1. The number of alkyl halides is 1. The summed E-state index contributed by atoms with van der Waals surface area (Å²) in [7, 11) is 1.66. The summed E-state index contributed by atoms with van der Waals surface area (Å²) >= 11 is 2.24. The van der Waals surface area contributed by atoms with Crippen LogP contribution in [0.4, 0.5) is 16.2 Å². The van der Waals surface area contributed by atoms with E-state index in [9.17, 15) is 4.39 Å². The van der Waals surface area contributed by atoms with Gasteiger partial charge in [-0.3, -0.25) is 0 Å². The van der Waals surface area contributed by atoms with Crippen molar-refractivity contribution in [3.63, 3.8) is 0 Å². The SMILES string of the molecule is COc1cc2c(NC3CCN(CCO)CC3)nc(N3CC[C@@H](F)C3)nc2cc1I. The number of halogens is 2. The summed E-state index contributed by atoms with van der Waals surface area (Å²) in [6.07, 6.45) is 1.67. The van der Waals surface area contributed by atoms with Gasteiger partial charge in [-0.25, -0.2) is 9.37 Å². The number of piperidine rings is 1. The predicted molar refractivity (Wildman–Crippen MR) is 121 cm³/mol. The summed E-state index contributed by atoms with van der Waals surface area (Å²) in [6.45, 7) is 3.80. The number of aromatic nitrogens is 2. The maximum atomic E-state index is 13.8. The quantitative estimate of drug-likeness (QED) is 0.574. The first-order chi connectivity index (χ1) is 14.1. The Labute approximate surface area is 183 Å². The van der Waals surface area contributed by atoms with Crippen LogP contribution in [0.25, 0.3) is 10.9 Å². The Kier molecular flexibility index (Phi) is 6.55. The Bertz CT molecular complexity index is 862. The Morgan fingerprint density at radius 3 is 2.69 bits per heavy atom. The molecular formula is C20H27FIN5O2. The van der Waals surface area contributed by atoms with Crippen LogP contribution in [0, 0.1) is 3.57 Å². The second kappa shape index (κ2) is 9.13. The fourth-order valence-electron chi connectivity index (χ4n) is 4.06. The maximum absolute atomic E-state index is 13.8. The molecule has 1 atom stereocenters. The van der Waals surface area contributed by atoms with E-state index in [0.29, 0.717) is 31.5 Å². The van der Waals surface area contributed by atoms with Gasteiger partial charge in [0.2, 0.25) is 5.95 Å². The minimum absolute atomic E-state index is 0.196. The molecule has 7 nitrogen and oxygen atoms in total. The molecule has 2 saturated heterocycles. The zero-order chi connectivity index (χ0) is 20.4. The van der Waals surface area contributed by atoms with Gasteiger partial charge in [-0.05, 0) is 54.0 Å². The number of likely N-dealkylation sites (tertiary alicyclic amines) is 1. The van der Waals surface area contributed by atoms with Gasteiger partial charge in [0.05, 0.1) is 29.3 Å². The number of nitrogens with zero attached hydrogens (tertiary/aromatic N) is 4. The summed E-state index contributed by atoms with van der Waals surface area (Å²) in [5.41, 5.74) is 0.836. The largest absolute Gasteiger partial charge is 0.496 e. The van der Waals surface area contributed by atoms with Gasteiger partial charge in [-0.15, -0.1) is 0 Å². The highest BCUT2D eigenvalue weighted by Crippen LogP contribution is 2.33. The van der Waals surface area contributed by atoms with Gasteiger partial charge in [-0.2, -0.15) is 4.98 Å². The van der Waals surface area contributed by atoms with E-state index in [1.165, 1.54) is 0 Å². The molecule has 0 radical (unpaired) electrons. The van der Waals surface area contributed by atoms with Crippen molar-refractivity contribution >= 4 is 45.3 Å². The molecule has 1 aromatic carbocycles. The van der Waals surface area contributed by atoms with Crippen molar-refractivity contribution in [1.82, 2.24) is 14.9 Å². The van der Waals surface area contributed by atoms with E-state index in [0.717, 1.165) is 58.5 Å². The molecule has 0 spiro atoms. The Hall–Kier alpha value is -1.46. The van der Waals surface area contributed by atoms with E-state index in [2.05, 4.69) is 32.8 Å². The second-order valence-electron chi connectivity index (χ2n) is 7.69. The summed E-state index contributed by atoms with van der Waals surface area (Å²) in [4.78, 5) is 13.7. The van der Waals surface area contributed by atoms with Crippen LogP contribution in [0.3, 0.4) is 0 Å². The summed E-state index contributed by atoms with van der Waals surface area (Å²) in [5.74, 6) is 2.15. The zero-order valence-electron chi connectivity index (χ0n) is 16.6. The molecule has 9 heteroatoms. The molecule has 2 N–H and O–H groups in total. The van der Waals surface area contributed by atoms with Crippen molar-refractivity contribution in [1.29, 1.82) is 0 Å². The number of methoxy groups -OCH3 is 1. The van der Waals surface area contributed by atoms with Gasteiger partial charge in [-0.1, -0.05) is 0 Å². The molecule has 0 amide bonds. The normalized spacial score (nSPS) is 21.1. The van der Waals surface area contributed by atoms with Crippen molar-refractivity contribution in [3.05, 3.63) is 15.7 Å². The molecule has 2 aromatic rings. The summed E-state index contributed by atoms with van der Waals surface area (Å²) in [6, 6.07) is 4.28. The van der Waals surface area contributed by atoms with Crippen LogP contribution in [0.2, 0.25) is 0 Å². The summed E-state index contributed by atoms with van der Waals surface area (Å²) in [5, 5.41) is 13.7. The Balaban J connectivity index is 1.64. The number of ether oxygens (including phenoxy) is 1. The smallest absolute Gasteiger partial charge is 0.227 e. The highest BCUT2D eigenvalue weighted by Gasteiger charge is 2.26. The van der Waals surface area contributed by atoms with E-state index in [1.54, 1.807) is 7.11 Å². The molecule has 158 valence electrons. The van der Waals surface area contributed by atoms with Crippen molar-refractivity contribution in [3.8, 4) is 5.75 Å². The van der Waals surface area contributed by atoms with Crippen LogP contribution >= 0.6 is 22.6 Å². The van der Waals surface area contributed by atoms with E-state index < -0.39 is 6.17 Å². The van der Waals surface area contributed by atoms with Gasteiger partial charge in [0.25, 0.3) is 0 Å². The lowest BCUT2D eigenvalue weighted by Crippen LogP contribution is -2.40. The first kappa shape index (κ1) is 20.8. The molecule has 1 aromatic heterocycles. The average Bonchev–Trinajstić information content (AvgIpc) is 3.15. The number of hydrogen-bond donors (Lipinski definition) is 2. The van der Waals surface area contributed by atoms with Crippen molar-refractivity contribution in [2.24, 2.45) is 0 Å². The third-order valence-corrected chi connectivity index (χ3v) is 6.56. The molecule has 2 fully saturated rings. The topological polar surface area (TPSA) is 73.8 Å². The van der Waals surface area contributed by atoms with Crippen LogP contribution < -0.4 is 15.0 Å². The van der Waals surface area contributed by atoms with Gasteiger partial charge in [0, 0.05) is 37.6 Å². The van der Waals surface area contributed by atoms with E-state index in [1.807, 2.05) is 17.0 Å². The van der Waals surface area contributed by atoms with Crippen LogP contribution in [-0.2, 0) is 0 Å². The van der Waals surface area contributed by atoms with E-state index >= 15 is 0 Å². The number of nitrogens with one attached hydrogen (secondary N) is 1. The number of hydrogen-bond acceptors (Lipinski definition) is 7. The Morgan fingerprint density at radius 1 is 1.24 bits per heavy atom. The van der Waals surface area contributed by atoms with Crippen molar-refractivity contribution < 1.29 is 14.2 Å². The minimum Gasteiger partial charge on any atom is -0.496 e. The number of anilines is 2. The molecule has 2 aliphatic heterocycles. The van der Waals surface area contributed by atoms with Crippen molar-refractivity contribution in [2.75, 3.05) is 56.7 Å². The molecule has 0 saturated carbocycles. The molecule has 3 heterocycles. The monoisotopic (exact) mass is 515 g/mol. The first-order valence-corrected chi connectivity index (χ1v) is 11.2. The fraction of sp³-hybridized carbons (Fsp3) is 0.600. The van der Waals surface area contributed by atoms with Crippen LogP contribution in [0.1, 0.15) is 19.3 Å². The highest BCUT2D eigenvalue weighted by atomic mass is 127. The molecule has 29 heavy (non-hydrogen) atoms. The van der Waals surface area contributed by atoms with Crippen LogP contribution in [0.15, 0.2) is 12.1 Å². The number of aliphatic hydroxyl groups excluding tert-OH is 1. The van der Waals surface area contributed by atoms with Gasteiger partial charge in [0.1, 0.15) is 17.7 Å². The second-order valence-corrected chi connectivity index (χ2v) is 8.85. The number of rotatable bonds is 6. The maximum Gasteiger partial charge on any atom is 0.227 e. The molecule has 4 rings (SSSR count). The molecule has 0 bridgehead atoms. The van der Waals surface area contributed by atoms with E-state index in [4.69, 9.17) is 19.8 Å². The highest BCUT2D eigenvalue weighted by molar-refractivity contribution is 14.1. The zero-order valence-corrected chi connectivity index (χ0v) is 18.7. The number of fused-ring (bicyclic) bond motifs is 1. The lowest BCUT2D eigenvalue weighted by molar-refractivity contribution is 0.168. The number of β-amino-alcohol motifs (C(OH)–C–C–N with tert-alkyl or cyclic N) is 1. The Morgan fingerprint density at radius 2 is 2.03 bits per heavy atom. The van der Waals surface area contributed by atoms with Crippen molar-refractivity contribution in [2.45, 2.75) is 31.5 Å². The third kappa shape index (κ3) is 4.66. The van der Waals surface area contributed by atoms with Crippen LogP contribution in [0.5, 0.6) is 5.75 Å². The standard InChI is InChI=1S/C20H27FIN5O2/c1-29-18-10-15-17(11-16(18)22)24-20(27-7-2-13(21)12-27)25-19(15)23-14-3-5-26(6-4-14)8-9-28/h10-11,13-14,28H,2-9,12H2,1H3,(H,23,24,25)/t13-/m1/s1.